The Kier molecular flexibility index (Phi) is 2.33. The second kappa shape index (κ2) is 3.54. The van der Waals surface area contributed by atoms with Crippen LogP contribution in [0.3, 0.4) is 0 Å². The van der Waals surface area contributed by atoms with Gasteiger partial charge >= 0.3 is 0 Å². The molecule has 5 heteroatoms. The number of azide groups is 1. The molecular formula is C11H12N4O. The Balaban J connectivity index is 2.55. The Labute approximate surface area is 93.3 Å². The fourth-order valence-corrected chi connectivity index (χ4v) is 2.15. The van der Waals surface area contributed by atoms with E-state index in [1.54, 1.807) is 11.9 Å². The number of benzene rings is 1. The summed E-state index contributed by atoms with van der Waals surface area (Å²) in [4.78, 5) is 16.5. The minimum absolute atomic E-state index is 0.0268. The first-order valence-electron chi connectivity index (χ1n) is 5.00. The Morgan fingerprint density at radius 1 is 1.50 bits per heavy atom. The summed E-state index contributed by atoms with van der Waals surface area (Å²) in [6, 6.07) is 7.58. The van der Waals surface area contributed by atoms with Gasteiger partial charge in [0.25, 0.3) is 0 Å². The van der Waals surface area contributed by atoms with Crippen LogP contribution in [-0.4, -0.2) is 19.5 Å². The van der Waals surface area contributed by atoms with Gasteiger partial charge in [-0.2, -0.15) is 0 Å². The van der Waals surface area contributed by atoms with Crippen LogP contribution >= 0.6 is 0 Å². The summed E-state index contributed by atoms with van der Waals surface area (Å²) < 4.78 is 0. The van der Waals surface area contributed by atoms with Crippen molar-refractivity contribution in [2.45, 2.75) is 12.3 Å². The number of para-hydroxylation sites is 1. The van der Waals surface area contributed by atoms with E-state index >= 15 is 0 Å². The number of fused-ring (bicyclic) bond motifs is 1. The molecule has 0 N–H and O–H groups in total. The number of likely N-dealkylation sites (N-methyl/N-ethyl adjacent to an activating group) is 1. The highest BCUT2D eigenvalue weighted by molar-refractivity contribution is 6.07. The topological polar surface area (TPSA) is 69.1 Å². The third-order valence-electron chi connectivity index (χ3n) is 3.09. The molecule has 1 atom stereocenters. The normalized spacial score (nSPS) is 22.9. The van der Waals surface area contributed by atoms with E-state index in [0.29, 0.717) is 0 Å². The van der Waals surface area contributed by atoms with Crippen molar-refractivity contribution in [2.75, 3.05) is 18.5 Å². The molecule has 0 unspecified atom stereocenters. The molecule has 0 fully saturated rings. The number of carbonyl (C=O) groups excluding carboxylic acids is 1. The SMILES string of the molecule is CN1C(=O)[C@@](C)(CN=[N+]=[N-])c2ccccc21. The fraction of sp³-hybridized carbons (Fsp3) is 0.364. The van der Waals surface area contributed by atoms with E-state index in [2.05, 4.69) is 10.0 Å². The zero-order chi connectivity index (χ0) is 11.8. The fourth-order valence-electron chi connectivity index (χ4n) is 2.15. The number of amides is 1. The molecule has 2 rings (SSSR count). The van der Waals surface area contributed by atoms with Gasteiger partial charge in [0.2, 0.25) is 5.91 Å². The molecule has 1 aromatic carbocycles. The van der Waals surface area contributed by atoms with Crippen LogP contribution in [0.25, 0.3) is 10.4 Å². The molecule has 82 valence electrons. The number of hydrogen-bond acceptors (Lipinski definition) is 2. The summed E-state index contributed by atoms with van der Waals surface area (Å²) in [5, 5.41) is 3.54. The average molecular weight is 216 g/mol. The van der Waals surface area contributed by atoms with Crippen molar-refractivity contribution in [1.82, 2.24) is 0 Å². The molecule has 16 heavy (non-hydrogen) atoms. The van der Waals surface area contributed by atoms with Crippen molar-refractivity contribution in [3.05, 3.63) is 40.3 Å². The molecule has 1 amide bonds. The molecule has 0 radical (unpaired) electrons. The number of rotatable bonds is 2. The van der Waals surface area contributed by atoms with Gasteiger partial charge in [0.05, 0.1) is 5.41 Å². The maximum atomic E-state index is 12.1. The van der Waals surface area contributed by atoms with E-state index in [1.165, 1.54) is 0 Å². The summed E-state index contributed by atoms with van der Waals surface area (Å²) in [7, 11) is 1.74. The lowest BCUT2D eigenvalue weighted by atomic mass is 9.84. The van der Waals surface area contributed by atoms with Gasteiger partial charge in [-0.1, -0.05) is 23.3 Å². The Morgan fingerprint density at radius 3 is 2.88 bits per heavy atom. The van der Waals surface area contributed by atoms with Gasteiger partial charge in [0.15, 0.2) is 0 Å². The third-order valence-corrected chi connectivity index (χ3v) is 3.09. The first-order chi connectivity index (χ1) is 7.61. The van der Waals surface area contributed by atoms with E-state index in [4.69, 9.17) is 5.53 Å². The van der Waals surface area contributed by atoms with Crippen LogP contribution in [0.15, 0.2) is 29.4 Å². The van der Waals surface area contributed by atoms with Crippen molar-refractivity contribution < 1.29 is 4.79 Å². The summed E-state index contributed by atoms with van der Waals surface area (Å²) in [6.07, 6.45) is 0. The van der Waals surface area contributed by atoms with E-state index in [-0.39, 0.29) is 12.5 Å². The van der Waals surface area contributed by atoms with Crippen LogP contribution in [0.2, 0.25) is 0 Å². The number of nitrogens with zero attached hydrogens (tertiary/aromatic N) is 4. The molecule has 1 aliphatic rings. The van der Waals surface area contributed by atoms with Crippen LogP contribution in [0.4, 0.5) is 5.69 Å². The van der Waals surface area contributed by atoms with Crippen molar-refractivity contribution in [1.29, 1.82) is 0 Å². The second-order valence-electron chi connectivity index (χ2n) is 4.10. The molecule has 1 aromatic rings. The van der Waals surface area contributed by atoms with Crippen molar-refractivity contribution in [2.24, 2.45) is 5.11 Å². The predicted octanol–water partition coefficient (Wildman–Crippen LogP) is 2.23. The van der Waals surface area contributed by atoms with Crippen LogP contribution in [0, 0.1) is 0 Å². The molecule has 1 heterocycles. The van der Waals surface area contributed by atoms with Gasteiger partial charge in [0.1, 0.15) is 0 Å². The largest absolute Gasteiger partial charge is 0.314 e. The lowest BCUT2D eigenvalue weighted by Crippen LogP contribution is -2.38. The third kappa shape index (κ3) is 1.26. The van der Waals surface area contributed by atoms with Crippen LogP contribution < -0.4 is 4.90 Å². The first-order valence-corrected chi connectivity index (χ1v) is 5.00. The maximum absolute atomic E-state index is 12.1. The zero-order valence-corrected chi connectivity index (χ0v) is 9.21. The molecular weight excluding hydrogens is 204 g/mol. The monoisotopic (exact) mass is 216 g/mol. The highest BCUT2D eigenvalue weighted by Crippen LogP contribution is 2.40. The molecule has 0 spiro atoms. The standard InChI is InChI=1S/C11H12N4O/c1-11(7-13-14-12)8-5-3-4-6-9(8)15(2)10(11)16/h3-6H,7H2,1-2H3/t11-/m0/s1. The first kappa shape index (κ1) is 10.5. The van der Waals surface area contributed by atoms with Crippen LogP contribution in [0.1, 0.15) is 12.5 Å². The molecule has 0 saturated heterocycles. The van der Waals surface area contributed by atoms with E-state index in [1.807, 2.05) is 31.2 Å². The summed E-state index contributed by atoms with van der Waals surface area (Å²) in [5.74, 6) is -0.0268. The van der Waals surface area contributed by atoms with Crippen molar-refractivity contribution in [3.8, 4) is 0 Å². The lowest BCUT2D eigenvalue weighted by Gasteiger charge is -2.20. The smallest absolute Gasteiger partial charge is 0.237 e. The Hall–Kier alpha value is -2.00. The average Bonchev–Trinajstić information content (AvgIpc) is 2.51. The van der Waals surface area contributed by atoms with Gasteiger partial charge in [-0.3, -0.25) is 4.79 Å². The molecule has 0 bridgehead atoms. The maximum Gasteiger partial charge on any atom is 0.237 e. The summed E-state index contributed by atoms with van der Waals surface area (Å²) in [6.45, 7) is 1.97. The van der Waals surface area contributed by atoms with Crippen molar-refractivity contribution in [3.63, 3.8) is 0 Å². The quantitative estimate of drug-likeness (QED) is 0.424. The Bertz CT molecular complexity index is 493. The van der Waals surface area contributed by atoms with Crippen LogP contribution in [0.5, 0.6) is 0 Å². The lowest BCUT2D eigenvalue weighted by molar-refractivity contribution is -0.122. The van der Waals surface area contributed by atoms with Gasteiger partial charge in [-0.05, 0) is 24.1 Å². The summed E-state index contributed by atoms with van der Waals surface area (Å²) in [5.41, 5.74) is 9.47. The number of anilines is 1. The van der Waals surface area contributed by atoms with E-state index in [0.717, 1.165) is 11.3 Å². The zero-order valence-electron chi connectivity index (χ0n) is 9.21. The van der Waals surface area contributed by atoms with Gasteiger partial charge in [0, 0.05) is 24.2 Å². The minimum Gasteiger partial charge on any atom is -0.314 e. The van der Waals surface area contributed by atoms with Gasteiger partial charge < -0.3 is 4.90 Å². The molecule has 0 saturated carbocycles. The van der Waals surface area contributed by atoms with Crippen LogP contribution in [-0.2, 0) is 10.2 Å². The highest BCUT2D eigenvalue weighted by Gasteiger charge is 2.45. The van der Waals surface area contributed by atoms with Gasteiger partial charge in [-0.25, -0.2) is 0 Å². The van der Waals surface area contributed by atoms with Crippen molar-refractivity contribution >= 4 is 11.6 Å². The number of hydrogen-bond donors (Lipinski definition) is 0. The second-order valence-corrected chi connectivity index (χ2v) is 4.10. The summed E-state index contributed by atoms with van der Waals surface area (Å²) >= 11 is 0. The Morgan fingerprint density at radius 2 is 2.19 bits per heavy atom. The van der Waals surface area contributed by atoms with E-state index < -0.39 is 5.41 Å². The predicted molar refractivity (Wildman–Crippen MR) is 61.2 cm³/mol. The highest BCUT2D eigenvalue weighted by atomic mass is 16.2. The molecule has 5 nitrogen and oxygen atoms in total. The molecule has 0 aromatic heterocycles. The molecule has 0 aliphatic carbocycles. The van der Waals surface area contributed by atoms with Gasteiger partial charge in [-0.15, -0.1) is 0 Å². The number of carbonyl (C=O) groups is 1. The minimum atomic E-state index is -0.725. The molecule has 1 aliphatic heterocycles. The van der Waals surface area contributed by atoms with E-state index in [9.17, 15) is 4.79 Å².